The maximum Gasteiger partial charge on any atom is 0.175 e. The quantitative estimate of drug-likeness (QED) is 0.732. The van der Waals surface area contributed by atoms with Crippen molar-refractivity contribution in [3.63, 3.8) is 0 Å². The molecule has 1 aromatic rings. The Morgan fingerprint density at radius 2 is 2.13 bits per heavy atom. The van der Waals surface area contributed by atoms with Gasteiger partial charge in [-0.05, 0) is 29.2 Å². The summed E-state index contributed by atoms with van der Waals surface area (Å²) in [5.41, 5.74) is 2.77. The topological polar surface area (TPSA) is 47.0 Å². The molecule has 2 rings (SSSR count). The highest BCUT2D eigenvalue weighted by atomic mass is 32.2. The van der Waals surface area contributed by atoms with Gasteiger partial charge < -0.3 is 0 Å². The molecular weight excluding hydrogens is 210 g/mol. The summed E-state index contributed by atoms with van der Waals surface area (Å²) in [5.74, 6) is 0.437. The first kappa shape index (κ1) is 10.4. The fourth-order valence-electron chi connectivity index (χ4n) is 1.55. The summed E-state index contributed by atoms with van der Waals surface area (Å²) in [6, 6.07) is 1.96. The van der Waals surface area contributed by atoms with Gasteiger partial charge in [-0.1, -0.05) is 13.8 Å². The van der Waals surface area contributed by atoms with Gasteiger partial charge in [-0.15, -0.1) is 0 Å². The van der Waals surface area contributed by atoms with Gasteiger partial charge in [0.15, 0.2) is 9.84 Å². The van der Waals surface area contributed by atoms with Crippen LogP contribution in [-0.2, 0) is 15.6 Å². The first-order valence-electron chi connectivity index (χ1n) is 4.87. The number of rotatable bonds is 1. The maximum absolute atomic E-state index is 11.3. The molecule has 80 valence electrons. The largest absolute Gasteiger partial charge is 0.261 e. The summed E-state index contributed by atoms with van der Waals surface area (Å²) in [7, 11) is -3.05. The van der Waals surface area contributed by atoms with Crippen LogP contribution in [0.5, 0.6) is 0 Å². The van der Waals surface area contributed by atoms with E-state index in [1.807, 2.05) is 6.07 Å². The highest BCUT2D eigenvalue weighted by Crippen LogP contribution is 2.23. The first-order chi connectivity index (χ1) is 6.98. The Kier molecular flexibility index (Phi) is 2.38. The number of hydrogen-bond acceptors (Lipinski definition) is 3. The van der Waals surface area contributed by atoms with E-state index in [-0.39, 0.29) is 5.75 Å². The predicted molar refractivity (Wildman–Crippen MR) is 60.0 cm³/mol. The van der Waals surface area contributed by atoms with Crippen molar-refractivity contribution in [2.24, 2.45) is 0 Å². The van der Waals surface area contributed by atoms with E-state index < -0.39 is 9.84 Å². The van der Waals surface area contributed by atoms with Crippen molar-refractivity contribution in [1.82, 2.24) is 4.98 Å². The van der Waals surface area contributed by atoms with Gasteiger partial charge in [-0.3, -0.25) is 4.98 Å². The minimum absolute atomic E-state index is 0.0736. The molecule has 15 heavy (non-hydrogen) atoms. The molecule has 0 aliphatic carbocycles. The molecule has 0 N–H and O–H groups in total. The van der Waals surface area contributed by atoms with Gasteiger partial charge in [-0.2, -0.15) is 0 Å². The molecule has 0 spiro atoms. The van der Waals surface area contributed by atoms with Crippen LogP contribution < -0.4 is 0 Å². The molecule has 0 saturated carbocycles. The molecule has 3 nitrogen and oxygen atoms in total. The standard InChI is InChI=1S/C11H13NO2S/c1-8(2)11-5-9-3-4-15(13,14)7-10(9)6-12-11/h3-6,8H,7H2,1-2H3. The van der Waals surface area contributed by atoms with E-state index >= 15 is 0 Å². The number of nitrogens with zero attached hydrogens (tertiary/aromatic N) is 1. The van der Waals surface area contributed by atoms with E-state index in [1.54, 1.807) is 12.3 Å². The molecule has 1 aromatic heterocycles. The average Bonchev–Trinajstić information content (AvgIpc) is 2.15. The van der Waals surface area contributed by atoms with Crippen molar-refractivity contribution < 1.29 is 8.42 Å². The maximum atomic E-state index is 11.3. The van der Waals surface area contributed by atoms with Crippen molar-refractivity contribution in [3.8, 4) is 0 Å². The first-order valence-corrected chi connectivity index (χ1v) is 6.59. The number of hydrogen-bond donors (Lipinski definition) is 0. The van der Waals surface area contributed by atoms with E-state index in [4.69, 9.17) is 0 Å². The van der Waals surface area contributed by atoms with Crippen LogP contribution >= 0.6 is 0 Å². The molecule has 0 aromatic carbocycles. The predicted octanol–water partition coefficient (Wildman–Crippen LogP) is 2.10. The molecule has 0 unspecified atom stereocenters. The van der Waals surface area contributed by atoms with Crippen LogP contribution in [0.15, 0.2) is 17.7 Å². The summed E-state index contributed by atoms with van der Waals surface area (Å²) < 4.78 is 22.6. The lowest BCUT2D eigenvalue weighted by Crippen LogP contribution is -2.08. The Labute approximate surface area is 89.8 Å². The molecule has 2 heterocycles. The van der Waals surface area contributed by atoms with Crippen molar-refractivity contribution in [2.45, 2.75) is 25.5 Å². The zero-order chi connectivity index (χ0) is 11.1. The summed E-state index contributed by atoms with van der Waals surface area (Å²) in [6.45, 7) is 4.13. The third-order valence-electron chi connectivity index (χ3n) is 2.45. The van der Waals surface area contributed by atoms with Crippen LogP contribution in [0.2, 0.25) is 0 Å². The van der Waals surface area contributed by atoms with Crippen LogP contribution in [0, 0.1) is 0 Å². The smallest absolute Gasteiger partial charge is 0.175 e. The number of pyridine rings is 1. The fourth-order valence-corrected chi connectivity index (χ4v) is 2.67. The lowest BCUT2D eigenvalue weighted by atomic mass is 10.0. The van der Waals surface area contributed by atoms with Crippen LogP contribution in [0.25, 0.3) is 6.08 Å². The van der Waals surface area contributed by atoms with E-state index in [9.17, 15) is 8.42 Å². The summed E-state index contributed by atoms with van der Waals surface area (Å²) in [5, 5.41) is 1.28. The van der Waals surface area contributed by atoms with Gasteiger partial charge in [0.25, 0.3) is 0 Å². The molecule has 0 radical (unpaired) electrons. The minimum Gasteiger partial charge on any atom is -0.261 e. The van der Waals surface area contributed by atoms with E-state index in [0.29, 0.717) is 5.92 Å². The zero-order valence-electron chi connectivity index (χ0n) is 8.77. The third-order valence-corrected chi connectivity index (χ3v) is 3.71. The highest BCUT2D eigenvalue weighted by Gasteiger charge is 2.17. The van der Waals surface area contributed by atoms with E-state index in [0.717, 1.165) is 16.8 Å². The third kappa shape index (κ3) is 2.09. The SMILES string of the molecule is CC(C)c1cc2c(cn1)CS(=O)(=O)C=C2. The summed E-state index contributed by atoms with van der Waals surface area (Å²) in [6.07, 6.45) is 3.33. The second-order valence-corrected chi connectivity index (χ2v) is 5.96. The van der Waals surface area contributed by atoms with Gasteiger partial charge >= 0.3 is 0 Å². The molecule has 0 bridgehead atoms. The van der Waals surface area contributed by atoms with Gasteiger partial charge in [0.05, 0.1) is 5.75 Å². The monoisotopic (exact) mass is 223 g/mol. The number of sulfone groups is 1. The molecule has 1 aliphatic rings. The van der Waals surface area contributed by atoms with Crippen molar-refractivity contribution in [1.29, 1.82) is 0 Å². The Hall–Kier alpha value is -1.16. The van der Waals surface area contributed by atoms with Crippen LogP contribution in [-0.4, -0.2) is 13.4 Å². The van der Waals surface area contributed by atoms with Crippen LogP contribution in [0.3, 0.4) is 0 Å². The Morgan fingerprint density at radius 1 is 1.40 bits per heavy atom. The van der Waals surface area contributed by atoms with Gasteiger partial charge in [-0.25, -0.2) is 8.42 Å². The molecule has 1 aliphatic heterocycles. The number of aromatic nitrogens is 1. The second-order valence-electron chi connectivity index (χ2n) is 4.07. The summed E-state index contributed by atoms with van der Waals surface area (Å²) in [4.78, 5) is 4.26. The molecular formula is C11H13NO2S. The molecule has 0 saturated heterocycles. The Balaban J connectivity index is 2.49. The van der Waals surface area contributed by atoms with Crippen molar-refractivity contribution in [2.75, 3.05) is 0 Å². The fraction of sp³-hybridized carbons (Fsp3) is 0.364. The summed E-state index contributed by atoms with van der Waals surface area (Å²) >= 11 is 0. The normalized spacial score (nSPS) is 17.8. The van der Waals surface area contributed by atoms with E-state index in [2.05, 4.69) is 18.8 Å². The lowest BCUT2D eigenvalue weighted by molar-refractivity contribution is 0.603. The zero-order valence-corrected chi connectivity index (χ0v) is 9.58. The van der Waals surface area contributed by atoms with Gasteiger partial charge in [0, 0.05) is 17.3 Å². The second kappa shape index (κ2) is 3.45. The van der Waals surface area contributed by atoms with Crippen LogP contribution in [0.1, 0.15) is 36.6 Å². The Bertz CT molecular complexity index is 515. The molecule has 4 heteroatoms. The molecule has 0 atom stereocenters. The van der Waals surface area contributed by atoms with Crippen molar-refractivity contribution >= 4 is 15.9 Å². The van der Waals surface area contributed by atoms with Gasteiger partial charge in [0.1, 0.15) is 0 Å². The molecule has 0 amide bonds. The number of fused-ring (bicyclic) bond motifs is 1. The van der Waals surface area contributed by atoms with Gasteiger partial charge in [0.2, 0.25) is 0 Å². The average molecular weight is 223 g/mol. The minimum atomic E-state index is -3.05. The lowest BCUT2D eigenvalue weighted by Gasteiger charge is -2.12. The van der Waals surface area contributed by atoms with Crippen molar-refractivity contribution in [3.05, 3.63) is 34.5 Å². The van der Waals surface area contributed by atoms with E-state index in [1.165, 1.54) is 5.41 Å². The Morgan fingerprint density at radius 3 is 2.80 bits per heavy atom. The highest BCUT2D eigenvalue weighted by molar-refractivity contribution is 7.93. The van der Waals surface area contributed by atoms with Crippen LogP contribution in [0.4, 0.5) is 0 Å². The molecule has 0 fully saturated rings.